The summed E-state index contributed by atoms with van der Waals surface area (Å²) in [6.07, 6.45) is 5.56. The zero-order valence-corrected chi connectivity index (χ0v) is 9.86. The molecule has 1 atom stereocenters. The van der Waals surface area contributed by atoms with Crippen molar-refractivity contribution in [2.75, 3.05) is 0 Å². The Hall–Kier alpha value is -0.340. The topological polar surface area (TPSA) is 12.0 Å². The fourth-order valence-corrected chi connectivity index (χ4v) is 3.10. The van der Waals surface area contributed by atoms with Gasteiger partial charge in [0.1, 0.15) is 0 Å². The van der Waals surface area contributed by atoms with E-state index in [1.807, 2.05) is 11.3 Å². The van der Waals surface area contributed by atoms with Crippen LogP contribution in [0.2, 0.25) is 0 Å². The maximum Gasteiger partial charge on any atom is 0.0388 e. The van der Waals surface area contributed by atoms with Crippen LogP contribution in [0, 0.1) is 6.92 Å². The first-order valence-electron chi connectivity index (χ1n) is 5.58. The van der Waals surface area contributed by atoms with E-state index in [1.165, 1.54) is 35.4 Å². The Kier molecular flexibility index (Phi) is 3.24. The number of thiophene rings is 1. The van der Waals surface area contributed by atoms with Crippen molar-refractivity contribution < 1.29 is 0 Å². The lowest BCUT2D eigenvalue weighted by Gasteiger charge is -2.17. The van der Waals surface area contributed by atoms with Crippen LogP contribution in [0.4, 0.5) is 0 Å². The lowest BCUT2D eigenvalue weighted by Crippen LogP contribution is -2.28. The third-order valence-corrected chi connectivity index (χ3v) is 4.21. The average Bonchev–Trinajstić information content (AvgIpc) is 2.75. The van der Waals surface area contributed by atoms with Crippen molar-refractivity contribution in [2.45, 2.75) is 51.6 Å². The molecule has 1 fully saturated rings. The smallest absolute Gasteiger partial charge is 0.0388 e. The Bertz CT molecular complexity index is 286. The first kappa shape index (κ1) is 10.2. The summed E-state index contributed by atoms with van der Waals surface area (Å²) in [5.41, 5.74) is 0. The summed E-state index contributed by atoms with van der Waals surface area (Å²) in [6, 6.07) is 5.78. The van der Waals surface area contributed by atoms with Crippen molar-refractivity contribution in [2.24, 2.45) is 0 Å². The molecule has 1 aliphatic carbocycles. The van der Waals surface area contributed by atoms with Gasteiger partial charge in [0.15, 0.2) is 0 Å². The Morgan fingerprint density at radius 2 is 2.07 bits per heavy atom. The van der Waals surface area contributed by atoms with Crippen molar-refractivity contribution in [1.29, 1.82) is 0 Å². The second kappa shape index (κ2) is 4.45. The van der Waals surface area contributed by atoms with Crippen LogP contribution in [-0.4, -0.2) is 6.04 Å². The molecule has 0 unspecified atom stereocenters. The molecule has 1 N–H and O–H groups in total. The van der Waals surface area contributed by atoms with E-state index >= 15 is 0 Å². The van der Waals surface area contributed by atoms with Gasteiger partial charge in [0.25, 0.3) is 0 Å². The quantitative estimate of drug-likeness (QED) is 0.801. The van der Waals surface area contributed by atoms with Crippen LogP contribution >= 0.6 is 11.3 Å². The molecule has 2 rings (SSSR count). The summed E-state index contributed by atoms with van der Waals surface area (Å²) >= 11 is 1.92. The van der Waals surface area contributed by atoms with E-state index < -0.39 is 0 Å². The molecule has 1 aromatic heterocycles. The average molecular weight is 209 g/mol. The minimum Gasteiger partial charge on any atom is -0.307 e. The monoisotopic (exact) mass is 209 g/mol. The number of rotatable bonds is 3. The van der Waals surface area contributed by atoms with Crippen molar-refractivity contribution >= 4 is 11.3 Å². The first-order valence-corrected chi connectivity index (χ1v) is 6.40. The van der Waals surface area contributed by atoms with E-state index in [9.17, 15) is 0 Å². The predicted octanol–water partition coefficient (Wildman–Crippen LogP) is 3.65. The lowest BCUT2D eigenvalue weighted by atomic mass is 10.2. The van der Waals surface area contributed by atoms with Crippen molar-refractivity contribution in [3.05, 3.63) is 21.9 Å². The highest BCUT2D eigenvalue weighted by Gasteiger charge is 2.17. The maximum atomic E-state index is 3.72. The van der Waals surface area contributed by atoms with E-state index in [1.54, 1.807) is 0 Å². The van der Waals surface area contributed by atoms with Gasteiger partial charge in [0.05, 0.1) is 0 Å². The summed E-state index contributed by atoms with van der Waals surface area (Å²) in [6.45, 7) is 4.46. The molecule has 0 amide bonds. The highest BCUT2D eigenvalue weighted by atomic mass is 32.1. The zero-order chi connectivity index (χ0) is 9.97. The Balaban J connectivity index is 1.91. The summed E-state index contributed by atoms with van der Waals surface area (Å²) in [7, 11) is 0. The van der Waals surface area contributed by atoms with Crippen LogP contribution in [0.25, 0.3) is 0 Å². The number of hydrogen-bond acceptors (Lipinski definition) is 2. The predicted molar refractivity (Wildman–Crippen MR) is 62.9 cm³/mol. The molecule has 1 aromatic rings. The fraction of sp³-hybridized carbons (Fsp3) is 0.667. The number of hydrogen-bond donors (Lipinski definition) is 1. The third kappa shape index (κ3) is 2.37. The molecule has 2 heteroatoms. The maximum absolute atomic E-state index is 3.72. The zero-order valence-electron chi connectivity index (χ0n) is 9.05. The van der Waals surface area contributed by atoms with Gasteiger partial charge in [-0.2, -0.15) is 0 Å². The number of nitrogens with one attached hydrogen (secondary N) is 1. The second-order valence-corrected chi connectivity index (χ2v) is 5.64. The minimum absolute atomic E-state index is 0.539. The largest absolute Gasteiger partial charge is 0.307 e. The number of aryl methyl sites for hydroxylation is 1. The molecule has 0 bridgehead atoms. The second-order valence-electron chi connectivity index (χ2n) is 4.32. The van der Waals surface area contributed by atoms with Gasteiger partial charge >= 0.3 is 0 Å². The van der Waals surface area contributed by atoms with Crippen LogP contribution < -0.4 is 5.32 Å². The van der Waals surface area contributed by atoms with Crippen LogP contribution in [-0.2, 0) is 0 Å². The first-order chi connectivity index (χ1) is 6.75. The molecule has 78 valence electrons. The molecule has 0 radical (unpaired) electrons. The van der Waals surface area contributed by atoms with Gasteiger partial charge in [-0.1, -0.05) is 12.8 Å². The highest BCUT2D eigenvalue weighted by Crippen LogP contribution is 2.25. The molecule has 1 saturated carbocycles. The van der Waals surface area contributed by atoms with Gasteiger partial charge in [-0.15, -0.1) is 11.3 Å². The molecule has 14 heavy (non-hydrogen) atoms. The molecular formula is C12H19NS. The van der Waals surface area contributed by atoms with Crippen LogP contribution in [0.3, 0.4) is 0 Å². The summed E-state index contributed by atoms with van der Waals surface area (Å²) in [5, 5.41) is 3.72. The molecule has 1 aliphatic rings. The summed E-state index contributed by atoms with van der Waals surface area (Å²) < 4.78 is 0. The fourth-order valence-electron chi connectivity index (χ4n) is 2.21. The molecular weight excluding hydrogens is 190 g/mol. The van der Waals surface area contributed by atoms with E-state index in [2.05, 4.69) is 31.3 Å². The normalized spacial score (nSPS) is 20.1. The highest BCUT2D eigenvalue weighted by molar-refractivity contribution is 7.12. The van der Waals surface area contributed by atoms with Gasteiger partial charge in [0, 0.05) is 21.8 Å². The Labute approximate surface area is 90.5 Å². The van der Waals surface area contributed by atoms with Crippen LogP contribution in [0.5, 0.6) is 0 Å². The van der Waals surface area contributed by atoms with E-state index in [4.69, 9.17) is 0 Å². The van der Waals surface area contributed by atoms with E-state index in [0.717, 1.165) is 6.04 Å². The summed E-state index contributed by atoms with van der Waals surface area (Å²) in [5.74, 6) is 0. The van der Waals surface area contributed by atoms with Crippen molar-refractivity contribution in [1.82, 2.24) is 5.32 Å². The molecule has 1 heterocycles. The van der Waals surface area contributed by atoms with Gasteiger partial charge in [-0.3, -0.25) is 0 Å². The Morgan fingerprint density at radius 3 is 2.64 bits per heavy atom. The van der Waals surface area contributed by atoms with E-state index in [0.29, 0.717) is 6.04 Å². The minimum atomic E-state index is 0.539. The Morgan fingerprint density at radius 1 is 1.36 bits per heavy atom. The third-order valence-electron chi connectivity index (χ3n) is 3.03. The van der Waals surface area contributed by atoms with E-state index in [-0.39, 0.29) is 0 Å². The SMILES string of the molecule is Cc1ccc([C@H](C)NC2CCCC2)s1. The molecule has 0 aliphatic heterocycles. The van der Waals surface area contributed by atoms with Crippen molar-refractivity contribution in [3.63, 3.8) is 0 Å². The van der Waals surface area contributed by atoms with Crippen LogP contribution in [0.15, 0.2) is 12.1 Å². The lowest BCUT2D eigenvalue weighted by molar-refractivity contribution is 0.465. The standard InChI is InChI=1S/C12H19NS/c1-9-7-8-12(14-9)10(2)13-11-5-3-4-6-11/h7-8,10-11,13H,3-6H2,1-2H3/t10-/m0/s1. The van der Waals surface area contributed by atoms with Crippen molar-refractivity contribution in [3.8, 4) is 0 Å². The molecule has 0 spiro atoms. The molecule has 0 aromatic carbocycles. The van der Waals surface area contributed by atoms with Crippen LogP contribution in [0.1, 0.15) is 48.4 Å². The summed E-state index contributed by atoms with van der Waals surface area (Å²) in [4.78, 5) is 2.90. The van der Waals surface area contributed by atoms with Gasteiger partial charge in [-0.25, -0.2) is 0 Å². The molecule has 1 nitrogen and oxygen atoms in total. The van der Waals surface area contributed by atoms with Gasteiger partial charge in [0.2, 0.25) is 0 Å². The van der Waals surface area contributed by atoms with Gasteiger partial charge < -0.3 is 5.32 Å². The van der Waals surface area contributed by atoms with Gasteiger partial charge in [-0.05, 0) is 38.8 Å². The molecule has 0 saturated heterocycles.